The molecule has 2 amide bonds. The molecule has 11 heavy (non-hydrogen) atoms. The fourth-order valence-corrected chi connectivity index (χ4v) is 1.03. The van der Waals surface area contributed by atoms with Crippen molar-refractivity contribution in [2.24, 2.45) is 5.92 Å². The van der Waals surface area contributed by atoms with Crippen LogP contribution in [0.5, 0.6) is 0 Å². The summed E-state index contributed by atoms with van der Waals surface area (Å²) in [7, 11) is 1.63. The third-order valence-electron chi connectivity index (χ3n) is 1.93. The van der Waals surface area contributed by atoms with E-state index >= 15 is 0 Å². The van der Waals surface area contributed by atoms with Crippen LogP contribution in [0, 0.1) is 5.92 Å². The molecule has 0 saturated carbocycles. The summed E-state index contributed by atoms with van der Waals surface area (Å²) in [4.78, 5) is 10.7. The van der Waals surface area contributed by atoms with Gasteiger partial charge in [-0.25, -0.2) is 4.79 Å². The second kappa shape index (κ2) is 4.18. The molecule has 0 aromatic heterocycles. The molecule has 1 aliphatic rings. The predicted octanol–water partition coefficient (Wildman–Crippen LogP) is -0.475. The van der Waals surface area contributed by atoms with E-state index in [1.807, 2.05) is 0 Å². The van der Waals surface area contributed by atoms with Crippen LogP contribution in [-0.4, -0.2) is 32.7 Å². The minimum Gasteiger partial charge on any atom is -0.341 e. The van der Waals surface area contributed by atoms with E-state index in [2.05, 4.69) is 16.0 Å². The van der Waals surface area contributed by atoms with E-state index in [4.69, 9.17) is 0 Å². The number of hydrogen-bond acceptors (Lipinski definition) is 2. The first-order valence-corrected chi connectivity index (χ1v) is 3.99. The molecule has 4 nitrogen and oxygen atoms in total. The average molecular weight is 157 g/mol. The van der Waals surface area contributed by atoms with E-state index in [9.17, 15) is 4.79 Å². The van der Waals surface area contributed by atoms with E-state index in [1.54, 1.807) is 7.05 Å². The third kappa shape index (κ3) is 2.76. The van der Waals surface area contributed by atoms with E-state index < -0.39 is 0 Å². The predicted molar refractivity (Wildman–Crippen MR) is 43.4 cm³/mol. The van der Waals surface area contributed by atoms with Crippen molar-refractivity contribution in [2.75, 3.05) is 26.7 Å². The second-order valence-corrected chi connectivity index (χ2v) is 2.82. The number of urea groups is 1. The summed E-state index contributed by atoms with van der Waals surface area (Å²) in [6.07, 6.45) is 1.08. The molecule has 4 heteroatoms. The largest absolute Gasteiger partial charge is 0.341 e. The summed E-state index contributed by atoms with van der Waals surface area (Å²) in [5, 5.41) is 8.45. The number of hydrogen-bond donors (Lipinski definition) is 3. The molecule has 3 N–H and O–H groups in total. The van der Waals surface area contributed by atoms with Crippen LogP contribution in [0.3, 0.4) is 0 Å². The molecular formula is C7H15N3O. The van der Waals surface area contributed by atoms with Gasteiger partial charge in [0.15, 0.2) is 0 Å². The molecule has 0 aromatic rings. The Bertz CT molecular complexity index is 134. The zero-order valence-corrected chi connectivity index (χ0v) is 6.81. The molecule has 64 valence electrons. The Morgan fingerprint density at radius 2 is 2.36 bits per heavy atom. The first-order chi connectivity index (χ1) is 5.33. The highest BCUT2D eigenvalue weighted by Gasteiger charge is 2.15. The lowest BCUT2D eigenvalue weighted by molar-refractivity contribution is 0.240. The zero-order chi connectivity index (χ0) is 8.10. The van der Waals surface area contributed by atoms with Crippen LogP contribution >= 0.6 is 0 Å². The van der Waals surface area contributed by atoms with Crippen LogP contribution < -0.4 is 16.0 Å². The molecule has 0 aromatic carbocycles. The molecule has 1 aliphatic heterocycles. The molecule has 1 fully saturated rings. The Balaban J connectivity index is 1.90. The lowest BCUT2D eigenvalue weighted by Gasteiger charge is -2.26. The van der Waals surface area contributed by atoms with Gasteiger partial charge in [-0.15, -0.1) is 0 Å². The Kier molecular flexibility index (Phi) is 3.16. The first kappa shape index (κ1) is 8.33. The smallest absolute Gasteiger partial charge is 0.314 e. The van der Waals surface area contributed by atoms with Gasteiger partial charge in [0.25, 0.3) is 0 Å². The Labute approximate surface area is 66.7 Å². The van der Waals surface area contributed by atoms with Gasteiger partial charge in [0.1, 0.15) is 0 Å². The highest BCUT2D eigenvalue weighted by atomic mass is 16.2. The monoisotopic (exact) mass is 157 g/mol. The number of amides is 2. The molecule has 1 heterocycles. The Morgan fingerprint density at radius 3 is 2.82 bits per heavy atom. The minimum atomic E-state index is -0.0858. The maximum absolute atomic E-state index is 10.7. The van der Waals surface area contributed by atoms with Gasteiger partial charge in [-0.05, 0) is 25.4 Å². The van der Waals surface area contributed by atoms with Crippen LogP contribution in [0.25, 0.3) is 0 Å². The van der Waals surface area contributed by atoms with E-state index in [1.165, 1.54) is 0 Å². The number of carbonyl (C=O) groups is 1. The molecule has 0 unspecified atom stereocenters. The fraction of sp³-hybridized carbons (Fsp3) is 0.857. The lowest BCUT2D eigenvalue weighted by atomic mass is 10.00. The molecule has 1 saturated heterocycles. The topological polar surface area (TPSA) is 53.2 Å². The van der Waals surface area contributed by atoms with Gasteiger partial charge >= 0.3 is 6.03 Å². The quantitative estimate of drug-likeness (QED) is 0.518. The van der Waals surface area contributed by atoms with Crippen molar-refractivity contribution in [3.8, 4) is 0 Å². The molecule has 1 rings (SSSR count). The van der Waals surface area contributed by atoms with Gasteiger partial charge in [-0.2, -0.15) is 0 Å². The van der Waals surface area contributed by atoms with Crippen LogP contribution in [0.2, 0.25) is 0 Å². The van der Waals surface area contributed by atoms with Crippen molar-refractivity contribution in [3.05, 3.63) is 0 Å². The van der Waals surface area contributed by atoms with Crippen LogP contribution in [0.15, 0.2) is 0 Å². The maximum Gasteiger partial charge on any atom is 0.314 e. The molecule has 0 atom stereocenters. The fourth-order valence-electron chi connectivity index (χ4n) is 1.03. The maximum atomic E-state index is 10.7. The summed E-state index contributed by atoms with van der Waals surface area (Å²) in [6, 6.07) is -0.0858. The van der Waals surface area contributed by atoms with Gasteiger partial charge in [-0.3, -0.25) is 0 Å². The summed E-state index contributed by atoms with van der Waals surface area (Å²) >= 11 is 0. The van der Waals surface area contributed by atoms with Gasteiger partial charge in [-0.1, -0.05) is 0 Å². The highest BCUT2D eigenvalue weighted by molar-refractivity contribution is 5.73. The molecular weight excluding hydrogens is 142 g/mol. The van der Waals surface area contributed by atoms with Crippen LogP contribution in [-0.2, 0) is 0 Å². The summed E-state index contributed by atoms with van der Waals surface area (Å²) < 4.78 is 0. The summed E-state index contributed by atoms with van der Waals surface area (Å²) in [5.74, 6) is 0.771. The van der Waals surface area contributed by atoms with Crippen LogP contribution in [0.4, 0.5) is 4.79 Å². The number of carbonyl (C=O) groups excluding carboxylic acids is 1. The summed E-state index contributed by atoms with van der Waals surface area (Å²) in [6.45, 7) is 3.00. The molecule has 0 aliphatic carbocycles. The second-order valence-electron chi connectivity index (χ2n) is 2.82. The van der Waals surface area contributed by atoms with Crippen molar-refractivity contribution >= 4 is 6.03 Å². The van der Waals surface area contributed by atoms with E-state index in [0.29, 0.717) is 0 Å². The average Bonchev–Trinajstić information content (AvgIpc) is 1.94. The van der Waals surface area contributed by atoms with E-state index in [-0.39, 0.29) is 6.03 Å². The molecule has 0 spiro atoms. The van der Waals surface area contributed by atoms with Gasteiger partial charge in [0, 0.05) is 13.6 Å². The van der Waals surface area contributed by atoms with Crippen molar-refractivity contribution < 1.29 is 4.79 Å². The standard InChI is InChI=1S/C7H15N3O/c1-8-7(11)10-3-2-6-4-9-5-6/h6,9H,2-5H2,1H3,(H2,8,10,11). The highest BCUT2D eigenvalue weighted by Crippen LogP contribution is 2.05. The van der Waals surface area contributed by atoms with Crippen molar-refractivity contribution in [1.82, 2.24) is 16.0 Å². The van der Waals surface area contributed by atoms with E-state index in [0.717, 1.165) is 32.0 Å². The first-order valence-electron chi connectivity index (χ1n) is 3.99. The third-order valence-corrected chi connectivity index (χ3v) is 1.93. The SMILES string of the molecule is CNC(=O)NCCC1CNC1. The van der Waals surface area contributed by atoms with Gasteiger partial charge in [0.05, 0.1) is 0 Å². The Hall–Kier alpha value is -0.770. The molecule has 0 bridgehead atoms. The molecule has 0 radical (unpaired) electrons. The zero-order valence-electron chi connectivity index (χ0n) is 6.81. The number of nitrogens with one attached hydrogen (secondary N) is 3. The Morgan fingerprint density at radius 1 is 1.64 bits per heavy atom. The van der Waals surface area contributed by atoms with Crippen molar-refractivity contribution in [3.63, 3.8) is 0 Å². The number of rotatable bonds is 3. The van der Waals surface area contributed by atoms with Crippen LogP contribution in [0.1, 0.15) is 6.42 Å². The summed E-state index contributed by atoms with van der Waals surface area (Å²) in [5.41, 5.74) is 0. The van der Waals surface area contributed by atoms with Gasteiger partial charge < -0.3 is 16.0 Å². The van der Waals surface area contributed by atoms with Gasteiger partial charge in [0.2, 0.25) is 0 Å². The minimum absolute atomic E-state index is 0.0858. The normalized spacial score (nSPS) is 17.2. The lowest BCUT2D eigenvalue weighted by Crippen LogP contribution is -2.44. The van der Waals surface area contributed by atoms with Crippen molar-refractivity contribution in [2.45, 2.75) is 6.42 Å². The van der Waals surface area contributed by atoms with Crippen molar-refractivity contribution in [1.29, 1.82) is 0 Å².